The molecule has 2 aromatic heterocycles. The van der Waals surface area contributed by atoms with Crippen LogP contribution in [0.1, 0.15) is 5.69 Å². The minimum absolute atomic E-state index is 0.105. The van der Waals surface area contributed by atoms with Crippen LogP contribution in [0.25, 0.3) is 5.65 Å². The molecule has 0 saturated heterocycles. The van der Waals surface area contributed by atoms with E-state index < -0.39 is 0 Å². The maximum atomic E-state index is 9.02. The molecular weight excluding hydrogens is 285 g/mol. The number of fused-ring (bicyclic) bond motifs is 1. The quantitative estimate of drug-likeness (QED) is 0.834. The molecule has 0 amide bonds. The normalized spacial score (nSPS) is 11.4. The van der Waals surface area contributed by atoms with E-state index in [9.17, 15) is 0 Å². The number of rotatable bonds is 6. The average molecular weight is 300 g/mol. The zero-order valence-electron chi connectivity index (χ0n) is 10.4. The molecule has 0 aliphatic carbocycles. The van der Waals surface area contributed by atoms with Crippen LogP contribution in [0.4, 0.5) is 0 Å². The van der Waals surface area contributed by atoms with Crippen molar-refractivity contribution in [1.82, 2.24) is 14.3 Å². The van der Waals surface area contributed by atoms with E-state index in [1.807, 2.05) is 15.5 Å². The summed E-state index contributed by atoms with van der Waals surface area (Å²) in [6.45, 7) is 5.71. The molecule has 0 bridgehead atoms. The van der Waals surface area contributed by atoms with E-state index in [4.69, 9.17) is 28.3 Å². The smallest absolute Gasteiger partial charge is 0.156 e. The van der Waals surface area contributed by atoms with Gasteiger partial charge in [0.15, 0.2) is 5.65 Å². The zero-order valence-corrected chi connectivity index (χ0v) is 11.9. The highest BCUT2D eigenvalue weighted by Crippen LogP contribution is 2.22. The van der Waals surface area contributed by atoms with Crippen molar-refractivity contribution in [1.29, 1.82) is 0 Å². The monoisotopic (exact) mass is 299 g/mol. The van der Waals surface area contributed by atoms with Crippen molar-refractivity contribution < 1.29 is 5.11 Å². The Balaban J connectivity index is 2.25. The summed E-state index contributed by atoms with van der Waals surface area (Å²) < 4.78 is 1.81. The summed E-state index contributed by atoms with van der Waals surface area (Å²) in [6, 6.07) is 1.67. The molecule has 0 unspecified atom stereocenters. The van der Waals surface area contributed by atoms with Gasteiger partial charge in [-0.15, -0.1) is 6.58 Å². The van der Waals surface area contributed by atoms with Crippen molar-refractivity contribution in [3.05, 3.63) is 46.9 Å². The lowest BCUT2D eigenvalue weighted by Gasteiger charge is -2.17. The molecule has 19 heavy (non-hydrogen) atoms. The van der Waals surface area contributed by atoms with Gasteiger partial charge < -0.3 is 9.51 Å². The van der Waals surface area contributed by atoms with Gasteiger partial charge in [0.1, 0.15) is 0 Å². The number of hydrogen-bond donors (Lipinski definition) is 1. The molecule has 6 heteroatoms. The summed E-state index contributed by atoms with van der Waals surface area (Å²) >= 11 is 12.0. The van der Waals surface area contributed by atoms with Gasteiger partial charge in [0.05, 0.1) is 22.3 Å². The fraction of sp³-hybridized carbons (Fsp3) is 0.308. The fourth-order valence-electron chi connectivity index (χ4n) is 1.94. The van der Waals surface area contributed by atoms with E-state index >= 15 is 0 Å². The molecule has 0 aromatic carbocycles. The lowest BCUT2D eigenvalue weighted by molar-refractivity contribution is 0.202. The first-order chi connectivity index (χ1) is 9.13. The van der Waals surface area contributed by atoms with Gasteiger partial charge in [0.25, 0.3) is 0 Å². The Morgan fingerprint density at radius 2 is 2.21 bits per heavy atom. The molecule has 102 valence electrons. The molecule has 0 atom stereocenters. The third kappa shape index (κ3) is 3.48. The minimum Gasteiger partial charge on any atom is -0.395 e. The van der Waals surface area contributed by atoms with Crippen LogP contribution in [0.5, 0.6) is 0 Å². The predicted molar refractivity (Wildman–Crippen MR) is 77.8 cm³/mol. The highest BCUT2D eigenvalue weighted by Gasteiger charge is 2.10. The predicted octanol–water partition coefficient (Wildman–Crippen LogP) is 2.62. The molecule has 4 nitrogen and oxygen atoms in total. The second-order valence-corrected chi connectivity index (χ2v) is 5.06. The lowest BCUT2D eigenvalue weighted by Crippen LogP contribution is -2.26. The molecule has 2 aromatic rings. The van der Waals surface area contributed by atoms with Gasteiger partial charge in [-0.1, -0.05) is 29.3 Å². The second-order valence-electron chi connectivity index (χ2n) is 4.22. The van der Waals surface area contributed by atoms with Crippen molar-refractivity contribution in [3.63, 3.8) is 0 Å². The maximum absolute atomic E-state index is 9.02. The van der Waals surface area contributed by atoms with E-state index in [2.05, 4.69) is 11.6 Å². The Morgan fingerprint density at radius 3 is 2.89 bits per heavy atom. The van der Waals surface area contributed by atoms with Crippen LogP contribution >= 0.6 is 23.2 Å². The van der Waals surface area contributed by atoms with Gasteiger partial charge in [-0.3, -0.25) is 4.90 Å². The second kappa shape index (κ2) is 6.39. The highest BCUT2D eigenvalue weighted by molar-refractivity contribution is 6.36. The number of hydrogen-bond acceptors (Lipinski definition) is 3. The van der Waals surface area contributed by atoms with E-state index in [1.165, 1.54) is 0 Å². The zero-order chi connectivity index (χ0) is 13.8. The summed E-state index contributed by atoms with van der Waals surface area (Å²) in [5.41, 5.74) is 1.56. The first-order valence-corrected chi connectivity index (χ1v) is 6.66. The lowest BCUT2D eigenvalue weighted by atomic mass is 10.4. The Kier molecular flexibility index (Phi) is 4.82. The van der Waals surface area contributed by atoms with E-state index in [0.717, 1.165) is 5.69 Å². The Hall–Kier alpha value is -1.07. The number of nitrogens with zero attached hydrogens (tertiary/aromatic N) is 3. The molecule has 2 rings (SSSR count). The van der Waals surface area contributed by atoms with Crippen LogP contribution < -0.4 is 0 Å². The highest BCUT2D eigenvalue weighted by atomic mass is 35.5. The summed E-state index contributed by atoms with van der Waals surface area (Å²) in [6.07, 6.45) is 5.46. The molecule has 1 N–H and O–H groups in total. The largest absolute Gasteiger partial charge is 0.395 e. The van der Waals surface area contributed by atoms with E-state index in [-0.39, 0.29) is 6.61 Å². The summed E-state index contributed by atoms with van der Waals surface area (Å²) in [7, 11) is 0. The standard InChI is InChI=1S/C13H15Cl2N3O/c1-2-3-17(4-5-19)8-11-9-18-7-10(14)6-12(15)13(18)16-11/h2,6-7,9,19H,1,3-5,8H2. The van der Waals surface area contributed by atoms with Crippen LogP contribution in [0.15, 0.2) is 31.1 Å². The van der Waals surface area contributed by atoms with Crippen molar-refractivity contribution >= 4 is 28.8 Å². The van der Waals surface area contributed by atoms with Crippen LogP contribution in [0.3, 0.4) is 0 Å². The number of halogens is 2. The van der Waals surface area contributed by atoms with E-state index in [1.54, 1.807) is 18.3 Å². The summed E-state index contributed by atoms with van der Waals surface area (Å²) in [5.74, 6) is 0. The fourth-order valence-corrected chi connectivity index (χ4v) is 2.47. The Labute approximate surface area is 121 Å². The number of pyridine rings is 1. The SMILES string of the molecule is C=CCN(CCO)Cc1cn2cc(Cl)cc(Cl)c2n1. The maximum Gasteiger partial charge on any atom is 0.156 e. The minimum atomic E-state index is 0.105. The van der Waals surface area contributed by atoms with Gasteiger partial charge in [0, 0.05) is 32.0 Å². The average Bonchev–Trinajstić information content (AvgIpc) is 2.72. The number of imidazole rings is 1. The van der Waals surface area contributed by atoms with Crippen molar-refractivity contribution in [2.45, 2.75) is 6.54 Å². The third-order valence-electron chi connectivity index (χ3n) is 2.71. The molecule has 0 aliphatic rings. The molecule has 0 fully saturated rings. The number of aliphatic hydroxyl groups is 1. The summed E-state index contributed by atoms with van der Waals surface area (Å²) in [5, 5.41) is 10.1. The van der Waals surface area contributed by atoms with Crippen LogP contribution in [0, 0.1) is 0 Å². The number of aliphatic hydroxyl groups excluding tert-OH is 1. The van der Waals surface area contributed by atoms with Crippen LogP contribution in [0.2, 0.25) is 10.0 Å². The topological polar surface area (TPSA) is 40.8 Å². The molecule has 0 saturated carbocycles. The van der Waals surface area contributed by atoms with Gasteiger partial charge >= 0.3 is 0 Å². The van der Waals surface area contributed by atoms with Crippen LogP contribution in [-0.2, 0) is 6.54 Å². The molecular formula is C13H15Cl2N3O. The van der Waals surface area contributed by atoms with Gasteiger partial charge in [-0.05, 0) is 6.07 Å². The molecule has 2 heterocycles. The Bertz CT molecular complexity index is 583. The first kappa shape index (κ1) is 14.3. The Morgan fingerprint density at radius 1 is 1.42 bits per heavy atom. The van der Waals surface area contributed by atoms with Crippen LogP contribution in [-0.4, -0.2) is 39.1 Å². The van der Waals surface area contributed by atoms with Crippen molar-refractivity contribution in [2.75, 3.05) is 19.7 Å². The third-order valence-corrected chi connectivity index (χ3v) is 3.20. The first-order valence-electron chi connectivity index (χ1n) is 5.90. The molecule has 0 spiro atoms. The van der Waals surface area contributed by atoms with E-state index in [0.29, 0.717) is 35.3 Å². The molecule has 0 radical (unpaired) electrons. The van der Waals surface area contributed by atoms with Gasteiger partial charge in [0.2, 0.25) is 0 Å². The molecule has 0 aliphatic heterocycles. The van der Waals surface area contributed by atoms with Gasteiger partial charge in [-0.2, -0.15) is 0 Å². The van der Waals surface area contributed by atoms with Crippen molar-refractivity contribution in [3.8, 4) is 0 Å². The number of aromatic nitrogens is 2. The summed E-state index contributed by atoms with van der Waals surface area (Å²) in [4.78, 5) is 6.52. The van der Waals surface area contributed by atoms with Crippen molar-refractivity contribution in [2.24, 2.45) is 0 Å². The van der Waals surface area contributed by atoms with Gasteiger partial charge in [-0.25, -0.2) is 4.98 Å².